The highest BCUT2D eigenvalue weighted by Gasteiger charge is 2.35. The Morgan fingerprint density at radius 1 is 1.29 bits per heavy atom. The first-order valence-electron chi connectivity index (χ1n) is 7.86. The lowest BCUT2D eigenvalue weighted by Crippen LogP contribution is -2.31. The third kappa shape index (κ3) is 4.53. The highest BCUT2D eigenvalue weighted by Crippen LogP contribution is 2.41. The highest BCUT2D eigenvalue weighted by atomic mass is 79.9. The van der Waals surface area contributed by atoms with Gasteiger partial charge in [-0.15, -0.1) is 0 Å². The minimum absolute atomic E-state index is 0.238. The van der Waals surface area contributed by atoms with Crippen molar-refractivity contribution in [1.82, 2.24) is 0 Å². The molecule has 0 aromatic heterocycles. The Morgan fingerprint density at radius 3 is 2.67 bits per heavy atom. The smallest absolute Gasteiger partial charge is 0.123 e. The van der Waals surface area contributed by atoms with Crippen LogP contribution in [0.4, 0.5) is 4.39 Å². The number of hydrogen-bond acceptors (Lipinski definition) is 1. The quantitative estimate of drug-likeness (QED) is 0.694. The Bertz CT molecular complexity index is 494. The molecule has 118 valence electrons. The number of halogens is 2. The minimum Gasteiger partial charge on any atom is -0.390 e. The summed E-state index contributed by atoms with van der Waals surface area (Å²) in [5.41, 5.74) is 0.466. The molecule has 0 amide bonds. The van der Waals surface area contributed by atoms with Gasteiger partial charge < -0.3 is 5.11 Å². The molecule has 1 saturated carbocycles. The van der Waals surface area contributed by atoms with Gasteiger partial charge in [0.2, 0.25) is 0 Å². The summed E-state index contributed by atoms with van der Waals surface area (Å²) < 4.78 is 14.3. The van der Waals surface area contributed by atoms with Crippen molar-refractivity contribution in [2.45, 2.75) is 64.9 Å². The first-order chi connectivity index (χ1) is 9.70. The predicted octanol–water partition coefficient (Wildman–Crippen LogP) is 5.49. The first kappa shape index (κ1) is 17.0. The predicted molar refractivity (Wildman–Crippen MR) is 88.8 cm³/mol. The van der Waals surface area contributed by atoms with Crippen LogP contribution < -0.4 is 0 Å². The molecule has 2 atom stereocenters. The van der Waals surface area contributed by atoms with Crippen molar-refractivity contribution < 1.29 is 9.50 Å². The molecule has 1 nitrogen and oxygen atoms in total. The monoisotopic (exact) mass is 356 g/mol. The third-order valence-corrected chi connectivity index (χ3v) is 5.68. The van der Waals surface area contributed by atoms with E-state index in [1.165, 1.54) is 18.6 Å². The number of rotatable bonds is 2. The van der Waals surface area contributed by atoms with Crippen molar-refractivity contribution >= 4 is 15.9 Å². The topological polar surface area (TPSA) is 20.2 Å². The minimum atomic E-state index is -0.698. The van der Waals surface area contributed by atoms with Crippen LogP contribution in [0.1, 0.15) is 58.4 Å². The Morgan fingerprint density at radius 2 is 2.00 bits per heavy atom. The summed E-state index contributed by atoms with van der Waals surface area (Å²) in [4.78, 5) is 0. The summed E-state index contributed by atoms with van der Waals surface area (Å²) in [5, 5.41) is 11.0. The van der Waals surface area contributed by atoms with Gasteiger partial charge in [0.1, 0.15) is 5.82 Å². The van der Waals surface area contributed by atoms with Gasteiger partial charge in [-0.25, -0.2) is 4.39 Å². The summed E-state index contributed by atoms with van der Waals surface area (Å²) in [5.74, 6) is 0.417. The molecular formula is C18H26BrFO. The number of benzene rings is 1. The van der Waals surface area contributed by atoms with E-state index in [4.69, 9.17) is 0 Å². The van der Waals surface area contributed by atoms with E-state index in [1.54, 1.807) is 6.07 Å². The van der Waals surface area contributed by atoms with Gasteiger partial charge in [-0.3, -0.25) is 0 Å². The van der Waals surface area contributed by atoms with Crippen LogP contribution in [0.2, 0.25) is 0 Å². The number of aliphatic hydroxyl groups is 1. The molecule has 3 heteroatoms. The Kier molecular flexibility index (Phi) is 5.15. The van der Waals surface area contributed by atoms with E-state index in [1.807, 2.05) is 0 Å². The summed E-state index contributed by atoms with van der Waals surface area (Å²) >= 11 is 3.47. The van der Waals surface area contributed by atoms with Crippen molar-refractivity contribution in [1.29, 1.82) is 0 Å². The standard InChI is InChI=1S/C18H26BrFO/c1-17(2,3)14-5-4-9-18(21,10-8-14)12-13-11-15(20)6-7-16(13)19/h6-7,11,14,21H,4-5,8-10,12H2,1-3H3. The fourth-order valence-electron chi connectivity index (χ4n) is 3.47. The van der Waals surface area contributed by atoms with E-state index in [-0.39, 0.29) is 5.82 Å². The zero-order valence-corrected chi connectivity index (χ0v) is 14.8. The van der Waals surface area contributed by atoms with Gasteiger partial charge in [0.15, 0.2) is 0 Å². The van der Waals surface area contributed by atoms with Crippen molar-refractivity contribution in [3.63, 3.8) is 0 Å². The van der Waals surface area contributed by atoms with E-state index in [0.29, 0.717) is 17.8 Å². The Hall–Kier alpha value is -0.410. The molecular weight excluding hydrogens is 331 g/mol. The molecule has 1 aromatic carbocycles. The second-order valence-electron chi connectivity index (χ2n) is 7.63. The molecule has 0 heterocycles. The zero-order valence-electron chi connectivity index (χ0n) is 13.3. The summed E-state index contributed by atoms with van der Waals surface area (Å²) in [7, 11) is 0. The summed E-state index contributed by atoms with van der Waals surface area (Å²) in [6.07, 6.45) is 5.41. The van der Waals surface area contributed by atoms with Crippen LogP contribution in [0.5, 0.6) is 0 Å². The molecule has 2 rings (SSSR count). The van der Waals surface area contributed by atoms with Crippen molar-refractivity contribution in [3.05, 3.63) is 34.1 Å². The lowest BCUT2D eigenvalue weighted by Gasteiger charge is -2.31. The molecule has 0 saturated heterocycles. The maximum Gasteiger partial charge on any atom is 0.123 e. The van der Waals surface area contributed by atoms with Crippen LogP contribution >= 0.6 is 15.9 Å². The first-order valence-corrected chi connectivity index (χ1v) is 8.65. The van der Waals surface area contributed by atoms with Crippen LogP contribution in [0, 0.1) is 17.2 Å². The molecule has 21 heavy (non-hydrogen) atoms. The van der Waals surface area contributed by atoms with Gasteiger partial charge in [-0.05, 0) is 60.8 Å². The average molecular weight is 357 g/mol. The SMILES string of the molecule is CC(C)(C)C1CCCC(O)(Cc2cc(F)ccc2Br)CC1. The third-order valence-electron chi connectivity index (χ3n) is 4.90. The number of hydrogen-bond donors (Lipinski definition) is 1. The molecule has 0 spiro atoms. The molecule has 1 aliphatic rings. The largest absolute Gasteiger partial charge is 0.390 e. The van der Waals surface area contributed by atoms with Crippen LogP contribution in [0.15, 0.2) is 22.7 Å². The maximum absolute atomic E-state index is 13.4. The lowest BCUT2D eigenvalue weighted by atomic mass is 9.76. The van der Waals surface area contributed by atoms with Gasteiger partial charge in [0, 0.05) is 10.9 Å². The van der Waals surface area contributed by atoms with Crippen molar-refractivity contribution in [3.8, 4) is 0 Å². The molecule has 0 radical (unpaired) electrons. The van der Waals surface area contributed by atoms with Gasteiger partial charge in [-0.2, -0.15) is 0 Å². The molecule has 0 bridgehead atoms. The zero-order chi connectivity index (χ0) is 15.7. The normalized spacial score (nSPS) is 27.4. The molecule has 2 unspecified atom stereocenters. The maximum atomic E-state index is 13.4. The van der Waals surface area contributed by atoms with Gasteiger partial charge >= 0.3 is 0 Å². The lowest BCUT2D eigenvalue weighted by molar-refractivity contribution is 0.0223. The van der Waals surface area contributed by atoms with Crippen LogP contribution in [0.25, 0.3) is 0 Å². The average Bonchev–Trinajstić information content (AvgIpc) is 2.55. The second-order valence-corrected chi connectivity index (χ2v) is 8.49. The van der Waals surface area contributed by atoms with E-state index < -0.39 is 5.60 Å². The molecule has 0 aliphatic heterocycles. The molecule has 1 aromatic rings. The Balaban J connectivity index is 2.10. The van der Waals surface area contributed by atoms with E-state index >= 15 is 0 Å². The molecule has 1 aliphatic carbocycles. The molecule has 1 N–H and O–H groups in total. The fraction of sp³-hybridized carbons (Fsp3) is 0.667. The summed E-state index contributed by atoms with van der Waals surface area (Å²) in [6.45, 7) is 6.85. The van der Waals surface area contributed by atoms with Crippen LogP contribution in [-0.2, 0) is 6.42 Å². The van der Waals surface area contributed by atoms with E-state index in [0.717, 1.165) is 35.7 Å². The van der Waals surface area contributed by atoms with E-state index in [2.05, 4.69) is 36.7 Å². The summed E-state index contributed by atoms with van der Waals surface area (Å²) in [6, 6.07) is 4.71. The Labute approximate surface area is 136 Å². The van der Waals surface area contributed by atoms with Gasteiger partial charge in [-0.1, -0.05) is 43.1 Å². The van der Waals surface area contributed by atoms with Crippen LogP contribution in [-0.4, -0.2) is 10.7 Å². The van der Waals surface area contributed by atoms with E-state index in [9.17, 15) is 9.50 Å². The second kappa shape index (κ2) is 6.37. The van der Waals surface area contributed by atoms with Crippen molar-refractivity contribution in [2.24, 2.45) is 11.3 Å². The van der Waals surface area contributed by atoms with Gasteiger partial charge in [0.25, 0.3) is 0 Å². The van der Waals surface area contributed by atoms with Gasteiger partial charge in [0.05, 0.1) is 5.60 Å². The highest BCUT2D eigenvalue weighted by molar-refractivity contribution is 9.10. The molecule has 1 fully saturated rings. The van der Waals surface area contributed by atoms with Crippen LogP contribution in [0.3, 0.4) is 0 Å². The van der Waals surface area contributed by atoms with Crippen molar-refractivity contribution in [2.75, 3.05) is 0 Å². The fourth-order valence-corrected chi connectivity index (χ4v) is 3.85.